The van der Waals surface area contributed by atoms with Crippen molar-refractivity contribution in [2.75, 3.05) is 26.0 Å². The van der Waals surface area contributed by atoms with Gasteiger partial charge in [-0.3, -0.25) is 4.98 Å². The van der Waals surface area contributed by atoms with Gasteiger partial charge >= 0.3 is 0 Å². The molecule has 1 fully saturated rings. The fourth-order valence-electron chi connectivity index (χ4n) is 3.89. The molecule has 0 N–H and O–H groups in total. The van der Waals surface area contributed by atoms with E-state index in [1.165, 1.54) is 35.1 Å². The van der Waals surface area contributed by atoms with Crippen LogP contribution in [0.25, 0.3) is 11.1 Å². The molecule has 0 saturated carbocycles. The molecule has 4 rings (SSSR count). The first-order chi connectivity index (χ1) is 16.7. The summed E-state index contributed by atoms with van der Waals surface area (Å²) in [4.78, 5) is 4.05. The Bertz CT molecular complexity index is 1370. The van der Waals surface area contributed by atoms with E-state index in [1.54, 1.807) is 18.2 Å². The Morgan fingerprint density at radius 3 is 2.54 bits per heavy atom. The zero-order valence-electron chi connectivity index (χ0n) is 18.9. The van der Waals surface area contributed by atoms with Crippen molar-refractivity contribution in [1.82, 2.24) is 9.29 Å². The van der Waals surface area contributed by atoms with E-state index in [-0.39, 0.29) is 11.5 Å². The van der Waals surface area contributed by atoms with Crippen LogP contribution < -0.4 is 9.47 Å². The number of hydrogen-bond donors (Lipinski definition) is 0. The van der Waals surface area contributed by atoms with E-state index < -0.39 is 21.7 Å². The summed E-state index contributed by atoms with van der Waals surface area (Å²) in [5, 5.41) is 9.61. The predicted octanol–water partition coefficient (Wildman–Crippen LogP) is 4.74. The van der Waals surface area contributed by atoms with Crippen molar-refractivity contribution < 1.29 is 26.7 Å². The number of hydrogen-bond acceptors (Lipinski definition) is 6. The second-order valence-electron chi connectivity index (χ2n) is 8.29. The van der Waals surface area contributed by atoms with Crippen LogP contribution in [0.4, 0.5) is 8.78 Å². The first-order valence-electron chi connectivity index (χ1n) is 10.9. The smallest absolute Gasteiger partial charge is 0.211 e. The Hall–Kier alpha value is -3.55. The number of pyridine rings is 1. The van der Waals surface area contributed by atoms with Gasteiger partial charge in [0.25, 0.3) is 0 Å². The predicted molar refractivity (Wildman–Crippen MR) is 125 cm³/mol. The molecule has 0 bridgehead atoms. The molecule has 1 saturated heterocycles. The Morgan fingerprint density at radius 1 is 1.09 bits per heavy atom. The van der Waals surface area contributed by atoms with Crippen LogP contribution in [0.5, 0.6) is 17.2 Å². The summed E-state index contributed by atoms with van der Waals surface area (Å²) in [6, 6.07) is 12.1. The monoisotopic (exact) mass is 499 g/mol. The number of aromatic nitrogens is 1. The standard InChI is InChI=1S/C25H23F2N3O4S/c1-35(31,32)30-10-7-17(8-11-30)16-33-24-5-3-20(12-19(24)14-28)34-25-15-29-9-6-21(25)18-2-4-22(26)23(27)13-18/h2-6,9,12-13,15,17H,7-8,10-11,16H2,1H3. The molecule has 182 valence electrons. The van der Waals surface area contributed by atoms with Crippen LogP contribution in [0.1, 0.15) is 18.4 Å². The number of sulfonamides is 1. The van der Waals surface area contributed by atoms with E-state index in [4.69, 9.17) is 9.47 Å². The topological polar surface area (TPSA) is 92.5 Å². The third kappa shape index (κ3) is 5.93. The number of nitrogens with zero attached hydrogens (tertiary/aromatic N) is 3. The quantitative estimate of drug-likeness (QED) is 0.466. The molecule has 0 amide bonds. The molecule has 2 heterocycles. The van der Waals surface area contributed by atoms with E-state index in [9.17, 15) is 22.5 Å². The van der Waals surface area contributed by atoms with Crippen LogP contribution in [0.3, 0.4) is 0 Å². The lowest BCUT2D eigenvalue weighted by molar-refractivity contribution is 0.185. The van der Waals surface area contributed by atoms with Crippen molar-refractivity contribution >= 4 is 10.0 Å². The van der Waals surface area contributed by atoms with Crippen molar-refractivity contribution in [2.45, 2.75) is 12.8 Å². The normalized spacial score (nSPS) is 14.9. The van der Waals surface area contributed by atoms with E-state index in [0.717, 1.165) is 12.1 Å². The summed E-state index contributed by atoms with van der Waals surface area (Å²) in [6.07, 6.45) is 5.55. The van der Waals surface area contributed by atoms with Gasteiger partial charge < -0.3 is 9.47 Å². The van der Waals surface area contributed by atoms with Crippen molar-refractivity contribution in [3.8, 4) is 34.4 Å². The van der Waals surface area contributed by atoms with Crippen LogP contribution in [0.2, 0.25) is 0 Å². The van der Waals surface area contributed by atoms with Crippen LogP contribution >= 0.6 is 0 Å². The zero-order valence-corrected chi connectivity index (χ0v) is 19.8. The molecule has 10 heteroatoms. The Morgan fingerprint density at radius 2 is 1.86 bits per heavy atom. The van der Waals surface area contributed by atoms with Gasteiger partial charge in [0, 0.05) is 30.9 Å². The molecule has 1 aromatic heterocycles. The minimum Gasteiger partial charge on any atom is -0.492 e. The minimum absolute atomic E-state index is 0.185. The van der Waals surface area contributed by atoms with Crippen molar-refractivity contribution in [2.24, 2.45) is 5.92 Å². The zero-order chi connectivity index (χ0) is 25.0. The molecule has 0 spiro atoms. The van der Waals surface area contributed by atoms with Crippen LogP contribution in [0, 0.1) is 28.9 Å². The van der Waals surface area contributed by atoms with Gasteiger partial charge in [0.1, 0.15) is 17.6 Å². The van der Waals surface area contributed by atoms with Crippen molar-refractivity contribution in [1.29, 1.82) is 5.26 Å². The molecule has 7 nitrogen and oxygen atoms in total. The first-order valence-corrected chi connectivity index (χ1v) is 12.8. The van der Waals surface area contributed by atoms with Gasteiger partial charge in [0.2, 0.25) is 10.0 Å². The summed E-state index contributed by atoms with van der Waals surface area (Å²) >= 11 is 0. The first kappa shape index (κ1) is 24.6. The summed E-state index contributed by atoms with van der Waals surface area (Å²) in [5.41, 5.74) is 1.20. The number of piperidine rings is 1. The second-order valence-corrected chi connectivity index (χ2v) is 10.3. The largest absolute Gasteiger partial charge is 0.492 e. The van der Waals surface area contributed by atoms with Crippen LogP contribution in [-0.4, -0.2) is 43.7 Å². The fourth-order valence-corrected chi connectivity index (χ4v) is 4.77. The third-order valence-corrected chi connectivity index (χ3v) is 7.13. The number of nitriles is 1. The average molecular weight is 500 g/mol. The molecule has 0 radical (unpaired) electrons. The lowest BCUT2D eigenvalue weighted by Gasteiger charge is -2.30. The van der Waals surface area contributed by atoms with E-state index in [0.29, 0.717) is 60.9 Å². The molecule has 1 aliphatic heterocycles. The minimum atomic E-state index is -3.19. The molecule has 0 unspecified atom stereocenters. The molecule has 0 atom stereocenters. The number of benzene rings is 2. The van der Waals surface area contributed by atoms with E-state index in [1.807, 2.05) is 0 Å². The highest BCUT2D eigenvalue weighted by molar-refractivity contribution is 7.88. The molecular weight excluding hydrogens is 476 g/mol. The molecule has 35 heavy (non-hydrogen) atoms. The molecular formula is C25H23F2N3O4S. The maximum Gasteiger partial charge on any atom is 0.211 e. The summed E-state index contributed by atoms with van der Waals surface area (Å²) in [7, 11) is -3.19. The summed E-state index contributed by atoms with van der Waals surface area (Å²) in [5.74, 6) is -0.663. The summed E-state index contributed by atoms with van der Waals surface area (Å²) in [6.45, 7) is 1.28. The Balaban J connectivity index is 1.45. The summed E-state index contributed by atoms with van der Waals surface area (Å²) < 4.78 is 63.7. The average Bonchev–Trinajstić information content (AvgIpc) is 2.85. The number of ether oxygens (including phenoxy) is 2. The van der Waals surface area contributed by atoms with E-state index >= 15 is 0 Å². The highest BCUT2D eigenvalue weighted by Crippen LogP contribution is 2.35. The van der Waals surface area contributed by atoms with Crippen LogP contribution in [-0.2, 0) is 10.0 Å². The van der Waals surface area contributed by atoms with Crippen molar-refractivity contribution in [3.05, 3.63) is 72.1 Å². The van der Waals surface area contributed by atoms with Gasteiger partial charge in [-0.05, 0) is 54.7 Å². The maximum absolute atomic E-state index is 13.7. The molecule has 0 aliphatic carbocycles. The lowest BCUT2D eigenvalue weighted by atomic mass is 9.99. The number of halogens is 2. The van der Waals surface area contributed by atoms with Gasteiger partial charge in [-0.25, -0.2) is 21.5 Å². The molecule has 3 aromatic rings. The highest BCUT2D eigenvalue weighted by atomic mass is 32.2. The third-order valence-electron chi connectivity index (χ3n) is 5.83. The molecule has 1 aliphatic rings. The van der Waals surface area contributed by atoms with E-state index in [2.05, 4.69) is 11.1 Å². The second kappa shape index (κ2) is 10.4. The van der Waals surface area contributed by atoms with Gasteiger partial charge in [0.05, 0.1) is 24.6 Å². The van der Waals surface area contributed by atoms with Gasteiger partial charge in [-0.15, -0.1) is 0 Å². The number of rotatable bonds is 7. The Labute approximate surface area is 202 Å². The lowest BCUT2D eigenvalue weighted by Crippen LogP contribution is -2.39. The highest BCUT2D eigenvalue weighted by Gasteiger charge is 2.25. The maximum atomic E-state index is 13.7. The fraction of sp³-hybridized carbons (Fsp3) is 0.280. The van der Waals surface area contributed by atoms with Gasteiger partial charge in [0.15, 0.2) is 17.4 Å². The van der Waals surface area contributed by atoms with Crippen molar-refractivity contribution in [3.63, 3.8) is 0 Å². The van der Waals surface area contributed by atoms with Gasteiger partial charge in [-0.1, -0.05) is 6.07 Å². The Kier molecular flexibility index (Phi) is 7.28. The van der Waals surface area contributed by atoms with Crippen LogP contribution in [0.15, 0.2) is 54.9 Å². The van der Waals surface area contributed by atoms with Gasteiger partial charge in [-0.2, -0.15) is 5.26 Å². The SMILES string of the molecule is CS(=O)(=O)N1CCC(COc2ccc(Oc3cnccc3-c3ccc(F)c(F)c3)cc2C#N)CC1. The molecule has 2 aromatic carbocycles.